The van der Waals surface area contributed by atoms with Crippen LogP contribution in [-0.4, -0.2) is 16.3 Å². The van der Waals surface area contributed by atoms with Gasteiger partial charge in [0.05, 0.1) is 22.6 Å². The van der Waals surface area contributed by atoms with Gasteiger partial charge in [-0.05, 0) is 53.4 Å². The van der Waals surface area contributed by atoms with E-state index in [4.69, 9.17) is 4.98 Å². The number of hydrogen-bond acceptors (Lipinski definition) is 5. The largest absolute Gasteiger partial charge is 0.506 e. The quantitative estimate of drug-likeness (QED) is 0.198. The second-order valence-electron chi connectivity index (χ2n) is 8.64. The van der Waals surface area contributed by atoms with Crippen molar-refractivity contribution in [1.29, 1.82) is 0 Å². The first-order chi connectivity index (χ1) is 18.2. The molecule has 6 rings (SSSR count). The summed E-state index contributed by atoms with van der Waals surface area (Å²) in [5.74, 6) is 0.105. The molecule has 0 saturated carbocycles. The van der Waals surface area contributed by atoms with E-state index in [1.807, 2.05) is 109 Å². The van der Waals surface area contributed by atoms with Crippen LogP contribution in [-0.2, 0) is 0 Å². The van der Waals surface area contributed by atoms with Crippen LogP contribution in [0.1, 0.15) is 5.56 Å². The molecule has 37 heavy (non-hydrogen) atoms. The molecule has 0 fully saturated rings. The summed E-state index contributed by atoms with van der Waals surface area (Å²) in [6, 6.07) is 39.2. The highest BCUT2D eigenvalue weighted by Gasteiger charge is 2.06. The lowest BCUT2D eigenvalue weighted by Crippen LogP contribution is -1.84. The van der Waals surface area contributed by atoms with Crippen molar-refractivity contribution in [2.75, 3.05) is 0 Å². The number of para-hydroxylation sites is 1. The number of fused-ring (bicyclic) bond motifs is 2. The molecule has 0 saturated heterocycles. The van der Waals surface area contributed by atoms with Gasteiger partial charge in [-0.3, -0.25) is 4.99 Å². The van der Waals surface area contributed by atoms with Crippen molar-refractivity contribution in [2.24, 2.45) is 15.2 Å². The minimum Gasteiger partial charge on any atom is -0.506 e. The normalized spacial score (nSPS) is 11.7. The number of pyridine rings is 1. The van der Waals surface area contributed by atoms with Gasteiger partial charge in [-0.2, -0.15) is 5.11 Å². The highest BCUT2D eigenvalue weighted by Crippen LogP contribution is 2.36. The molecule has 0 bridgehead atoms. The van der Waals surface area contributed by atoms with Gasteiger partial charge >= 0.3 is 0 Å². The van der Waals surface area contributed by atoms with Crippen LogP contribution in [0.2, 0.25) is 0 Å². The fraction of sp³-hybridized carbons (Fsp3) is 0. The molecule has 0 aliphatic rings. The van der Waals surface area contributed by atoms with E-state index in [9.17, 15) is 5.11 Å². The van der Waals surface area contributed by atoms with Crippen LogP contribution >= 0.6 is 0 Å². The summed E-state index contributed by atoms with van der Waals surface area (Å²) >= 11 is 0. The maximum Gasteiger partial charge on any atom is 0.143 e. The summed E-state index contributed by atoms with van der Waals surface area (Å²) in [7, 11) is 0. The zero-order valence-corrected chi connectivity index (χ0v) is 19.9. The van der Waals surface area contributed by atoms with Gasteiger partial charge in [-0.15, -0.1) is 5.11 Å². The predicted octanol–water partition coefficient (Wildman–Crippen LogP) is 8.93. The maximum absolute atomic E-state index is 10.3. The third-order valence-electron chi connectivity index (χ3n) is 6.16. The molecule has 0 aliphatic heterocycles. The van der Waals surface area contributed by atoms with E-state index in [0.717, 1.165) is 44.2 Å². The van der Waals surface area contributed by atoms with Gasteiger partial charge in [0.2, 0.25) is 0 Å². The molecule has 5 heteroatoms. The van der Waals surface area contributed by atoms with Crippen molar-refractivity contribution < 1.29 is 5.11 Å². The van der Waals surface area contributed by atoms with E-state index in [0.29, 0.717) is 11.4 Å². The topological polar surface area (TPSA) is 70.2 Å². The van der Waals surface area contributed by atoms with Crippen molar-refractivity contribution in [3.8, 4) is 17.0 Å². The third kappa shape index (κ3) is 4.83. The number of aromatic nitrogens is 1. The third-order valence-corrected chi connectivity index (χ3v) is 6.16. The summed E-state index contributed by atoms with van der Waals surface area (Å²) in [5, 5.41) is 21.9. The molecule has 6 aromatic rings. The van der Waals surface area contributed by atoms with Gasteiger partial charge < -0.3 is 5.11 Å². The Morgan fingerprint density at radius 2 is 1.30 bits per heavy atom. The molecule has 0 radical (unpaired) electrons. The molecule has 0 atom stereocenters. The lowest BCUT2D eigenvalue weighted by atomic mass is 10.1. The molecule has 1 aromatic heterocycles. The summed E-state index contributed by atoms with van der Waals surface area (Å²) in [4.78, 5) is 9.36. The molecule has 5 aromatic carbocycles. The van der Waals surface area contributed by atoms with E-state index in [-0.39, 0.29) is 5.75 Å². The number of phenolic OH excluding ortho intramolecular Hbond substituents is 1. The summed E-state index contributed by atoms with van der Waals surface area (Å²) in [5.41, 5.74) is 5.95. The average molecular weight is 479 g/mol. The van der Waals surface area contributed by atoms with Crippen LogP contribution in [0.5, 0.6) is 5.75 Å². The Kier molecular flexibility index (Phi) is 5.93. The molecular formula is C32H22N4O. The van der Waals surface area contributed by atoms with Gasteiger partial charge in [0, 0.05) is 22.6 Å². The average Bonchev–Trinajstić information content (AvgIpc) is 2.96. The number of rotatable bonds is 5. The fourth-order valence-electron chi connectivity index (χ4n) is 4.18. The number of hydrogen-bond donors (Lipinski definition) is 1. The van der Waals surface area contributed by atoms with Gasteiger partial charge in [-0.25, -0.2) is 4.98 Å². The number of azo groups is 1. The Bertz CT molecular complexity index is 1770. The van der Waals surface area contributed by atoms with E-state index in [2.05, 4.69) is 27.4 Å². The monoisotopic (exact) mass is 478 g/mol. The summed E-state index contributed by atoms with van der Waals surface area (Å²) < 4.78 is 0. The van der Waals surface area contributed by atoms with Gasteiger partial charge in [0.1, 0.15) is 11.4 Å². The number of aliphatic imine (C=N–C) groups is 1. The lowest BCUT2D eigenvalue weighted by Gasteiger charge is -2.04. The highest BCUT2D eigenvalue weighted by atomic mass is 16.3. The molecular weight excluding hydrogens is 456 g/mol. The van der Waals surface area contributed by atoms with Crippen LogP contribution in [0, 0.1) is 0 Å². The van der Waals surface area contributed by atoms with Crippen LogP contribution in [0.15, 0.2) is 137 Å². The second-order valence-corrected chi connectivity index (χ2v) is 8.64. The summed E-state index contributed by atoms with van der Waals surface area (Å²) in [6.45, 7) is 0. The molecule has 0 spiro atoms. The van der Waals surface area contributed by atoms with Crippen LogP contribution in [0.25, 0.3) is 32.9 Å². The zero-order chi connectivity index (χ0) is 25.0. The Balaban J connectivity index is 1.15. The first-order valence-electron chi connectivity index (χ1n) is 12.0. The number of aromatic hydroxyl groups is 1. The molecule has 0 aliphatic carbocycles. The van der Waals surface area contributed by atoms with Gasteiger partial charge in [0.25, 0.3) is 0 Å². The Morgan fingerprint density at radius 1 is 0.595 bits per heavy atom. The fourth-order valence-corrected chi connectivity index (χ4v) is 4.18. The Hall–Kier alpha value is -5.16. The number of phenols is 1. The lowest BCUT2D eigenvalue weighted by molar-refractivity contribution is 0.477. The Labute approximate surface area is 214 Å². The molecule has 0 unspecified atom stereocenters. The SMILES string of the molecule is Oc1ccc2ccccc2c1N=Nc1ccc(C=Nc2ccc(-c3ccc4ccccc4n3)cc2)cc1. The smallest absolute Gasteiger partial charge is 0.143 e. The first kappa shape index (κ1) is 22.3. The van der Waals surface area contributed by atoms with E-state index in [1.165, 1.54) is 0 Å². The summed E-state index contributed by atoms with van der Waals surface area (Å²) in [6.07, 6.45) is 1.82. The maximum atomic E-state index is 10.3. The second kappa shape index (κ2) is 9.84. The molecule has 1 heterocycles. The van der Waals surface area contributed by atoms with Crippen LogP contribution < -0.4 is 0 Å². The molecule has 0 amide bonds. The van der Waals surface area contributed by atoms with Crippen molar-refractivity contribution in [3.63, 3.8) is 0 Å². The first-order valence-corrected chi connectivity index (χ1v) is 12.0. The van der Waals surface area contributed by atoms with Crippen molar-refractivity contribution in [3.05, 3.63) is 127 Å². The van der Waals surface area contributed by atoms with Gasteiger partial charge in [-0.1, -0.05) is 78.9 Å². The standard InChI is InChI=1S/C32H22N4O/c37-31-20-14-23-5-1-3-7-28(23)32(31)36-35-27-15-9-22(10-16-27)21-33-26-17-11-25(12-18-26)30-19-13-24-6-2-4-8-29(24)34-30/h1-21,37H. The van der Waals surface area contributed by atoms with Crippen molar-refractivity contribution in [2.45, 2.75) is 0 Å². The number of nitrogens with zero attached hydrogens (tertiary/aromatic N) is 4. The minimum absolute atomic E-state index is 0.105. The molecule has 176 valence electrons. The minimum atomic E-state index is 0.105. The number of benzene rings is 5. The van der Waals surface area contributed by atoms with Crippen molar-refractivity contribution >= 4 is 45.0 Å². The molecule has 5 nitrogen and oxygen atoms in total. The Morgan fingerprint density at radius 3 is 2.14 bits per heavy atom. The molecule has 1 N–H and O–H groups in total. The van der Waals surface area contributed by atoms with Crippen LogP contribution in [0.4, 0.5) is 17.1 Å². The van der Waals surface area contributed by atoms with Gasteiger partial charge in [0.15, 0.2) is 0 Å². The highest BCUT2D eigenvalue weighted by molar-refractivity contribution is 5.95. The van der Waals surface area contributed by atoms with Crippen molar-refractivity contribution in [1.82, 2.24) is 4.98 Å². The van der Waals surface area contributed by atoms with Crippen LogP contribution in [0.3, 0.4) is 0 Å². The van der Waals surface area contributed by atoms with E-state index in [1.54, 1.807) is 6.07 Å². The van der Waals surface area contributed by atoms with E-state index < -0.39 is 0 Å². The zero-order valence-electron chi connectivity index (χ0n) is 19.9. The predicted molar refractivity (Wildman–Crippen MR) is 151 cm³/mol. The van der Waals surface area contributed by atoms with E-state index >= 15 is 0 Å².